The Balaban J connectivity index is 2.05. The number of anilines is 1. The quantitative estimate of drug-likeness (QED) is 0.717. The largest absolute Gasteiger partial charge is 0.573 e. The van der Waals surface area contributed by atoms with Crippen LogP contribution < -0.4 is 14.8 Å². The fourth-order valence-electron chi connectivity index (χ4n) is 2.14. The minimum absolute atomic E-state index is 0.0259. The van der Waals surface area contributed by atoms with Crippen LogP contribution in [0.1, 0.15) is 30.6 Å². The third-order valence-electron chi connectivity index (χ3n) is 3.74. The molecule has 0 saturated carbocycles. The van der Waals surface area contributed by atoms with Gasteiger partial charge in [0.2, 0.25) is 10.0 Å². The first-order chi connectivity index (χ1) is 13.0. The molecule has 2 aromatic carbocycles. The summed E-state index contributed by atoms with van der Waals surface area (Å²) in [6.07, 6.45) is -4.16. The summed E-state index contributed by atoms with van der Waals surface area (Å²) in [5.74, 6) is -0.947. The summed E-state index contributed by atoms with van der Waals surface area (Å²) in [5, 5.41) is 2.51. The fourth-order valence-corrected chi connectivity index (χ4v) is 3.47. The number of hydrogen-bond acceptors (Lipinski definition) is 4. The van der Waals surface area contributed by atoms with Crippen LogP contribution in [0.5, 0.6) is 5.75 Å². The molecular formula is C18H19F3N2O4S. The van der Waals surface area contributed by atoms with Gasteiger partial charge in [-0.15, -0.1) is 13.2 Å². The van der Waals surface area contributed by atoms with E-state index in [9.17, 15) is 26.4 Å². The van der Waals surface area contributed by atoms with Gasteiger partial charge in [-0.25, -0.2) is 13.1 Å². The Bertz CT molecular complexity index is 911. The molecule has 0 aliphatic carbocycles. The van der Waals surface area contributed by atoms with E-state index in [0.717, 1.165) is 12.1 Å². The first kappa shape index (κ1) is 21.7. The summed E-state index contributed by atoms with van der Waals surface area (Å²) in [7, 11) is -3.68. The van der Waals surface area contributed by atoms with Crippen LogP contribution in [0, 0.1) is 0 Å². The molecule has 0 spiro atoms. The van der Waals surface area contributed by atoms with Gasteiger partial charge >= 0.3 is 6.36 Å². The first-order valence-electron chi connectivity index (χ1n) is 8.30. The van der Waals surface area contributed by atoms with Gasteiger partial charge in [0.25, 0.3) is 5.91 Å². The van der Waals surface area contributed by atoms with Crippen molar-refractivity contribution >= 4 is 21.6 Å². The van der Waals surface area contributed by atoms with Crippen molar-refractivity contribution in [3.05, 3.63) is 54.1 Å². The predicted molar refractivity (Wildman–Crippen MR) is 97.6 cm³/mol. The molecule has 10 heteroatoms. The van der Waals surface area contributed by atoms with E-state index in [1.807, 2.05) is 6.92 Å². The number of nitrogens with one attached hydrogen (secondary N) is 2. The van der Waals surface area contributed by atoms with Crippen LogP contribution in [0.15, 0.2) is 53.4 Å². The number of sulfonamides is 1. The molecule has 0 fully saturated rings. The highest BCUT2D eigenvalue weighted by molar-refractivity contribution is 7.89. The van der Waals surface area contributed by atoms with E-state index >= 15 is 0 Å². The van der Waals surface area contributed by atoms with E-state index in [1.165, 1.54) is 36.4 Å². The first-order valence-corrected chi connectivity index (χ1v) is 9.78. The Morgan fingerprint density at radius 1 is 1.07 bits per heavy atom. The molecule has 0 aromatic heterocycles. The average Bonchev–Trinajstić information content (AvgIpc) is 2.61. The highest BCUT2D eigenvalue weighted by Gasteiger charge is 2.31. The SMILES string of the molecule is CC[C@@H](C)NS(=O)(=O)c1ccc(C(=O)Nc2ccc(OC(F)(F)F)cc2)cc1. The molecule has 2 aromatic rings. The average molecular weight is 416 g/mol. The second-order valence-electron chi connectivity index (χ2n) is 5.98. The molecule has 0 aliphatic rings. The topological polar surface area (TPSA) is 84.5 Å². The summed E-state index contributed by atoms with van der Waals surface area (Å²) in [4.78, 5) is 12.3. The van der Waals surface area contributed by atoms with Gasteiger partial charge in [0.15, 0.2) is 0 Å². The molecule has 1 amide bonds. The zero-order valence-corrected chi connectivity index (χ0v) is 15.9. The Morgan fingerprint density at radius 3 is 2.14 bits per heavy atom. The lowest BCUT2D eigenvalue weighted by atomic mass is 10.2. The van der Waals surface area contributed by atoms with Crippen LogP contribution in [0.4, 0.5) is 18.9 Å². The number of carbonyl (C=O) groups excluding carboxylic acids is 1. The molecule has 2 N–H and O–H groups in total. The van der Waals surface area contributed by atoms with E-state index in [2.05, 4.69) is 14.8 Å². The van der Waals surface area contributed by atoms with Crippen molar-refractivity contribution in [3.8, 4) is 5.75 Å². The standard InChI is InChI=1S/C18H19F3N2O4S/c1-3-12(2)23-28(25,26)16-10-4-13(5-11-16)17(24)22-14-6-8-15(9-7-14)27-18(19,20)21/h4-12,23H,3H2,1-2H3,(H,22,24)/t12-/m1/s1. The zero-order valence-electron chi connectivity index (χ0n) is 15.1. The van der Waals surface area contributed by atoms with Gasteiger partial charge in [0.1, 0.15) is 5.75 Å². The van der Waals surface area contributed by atoms with Crippen LogP contribution in [-0.4, -0.2) is 26.7 Å². The van der Waals surface area contributed by atoms with Crippen molar-refractivity contribution in [2.75, 3.05) is 5.32 Å². The van der Waals surface area contributed by atoms with E-state index in [1.54, 1.807) is 6.92 Å². The fraction of sp³-hybridized carbons (Fsp3) is 0.278. The lowest BCUT2D eigenvalue weighted by molar-refractivity contribution is -0.274. The lowest BCUT2D eigenvalue weighted by Gasteiger charge is -2.12. The van der Waals surface area contributed by atoms with Gasteiger partial charge < -0.3 is 10.1 Å². The number of benzene rings is 2. The highest BCUT2D eigenvalue weighted by Crippen LogP contribution is 2.24. The Morgan fingerprint density at radius 2 is 1.64 bits per heavy atom. The van der Waals surface area contributed by atoms with Crippen LogP contribution in [0.2, 0.25) is 0 Å². The van der Waals surface area contributed by atoms with Gasteiger partial charge in [-0.05, 0) is 61.9 Å². The number of rotatable bonds is 7. The van der Waals surface area contributed by atoms with Crippen LogP contribution in [-0.2, 0) is 10.0 Å². The monoisotopic (exact) mass is 416 g/mol. The maximum absolute atomic E-state index is 12.2. The predicted octanol–water partition coefficient (Wildman–Crippen LogP) is 3.91. The second kappa shape index (κ2) is 8.61. The van der Waals surface area contributed by atoms with E-state index < -0.39 is 28.0 Å². The minimum atomic E-state index is -4.80. The Labute approximate surface area is 160 Å². The van der Waals surface area contributed by atoms with Crippen molar-refractivity contribution in [1.82, 2.24) is 4.72 Å². The third kappa shape index (κ3) is 6.24. The summed E-state index contributed by atoms with van der Waals surface area (Å²) in [5.41, 5.74) is 0.452. The molecule has 0 radical (unpaired) electrons. The molecule has 0 aliphatic heterocycles. The second-order valence-corrected chi connectivity index (χ2v) is 7.70. The van der Waals surface area contributed by atoms with Crippen molar-refractivity contribution in [2.24, 2.45) is 0 Å². The molecule has 6 nitrogen and oxygen atoms in total. The summed E-state index contributed by atoms with van der Waals surface area (Å²) in [6.45, 7) is 3.59. The number of amides is 1. The number of alkyl halides is 3. The summed E-state index contributed by atoms with van der Waals surface area (Å²) >= 11 is 0. The van der Waals surface area contributed by atoms with Gasteiger partial charge in [0, 0.05) is 17.3 Å². The highest BCUT2D eigenvalue weighted by atomic mass is 32.2. The normalized spacial score (nSPS) is 13.0. The smallest absolute Gasteiger partial charge is 0.406 e. The minimum Gasteiger partial charge on any atom is -0.406 e. The Hall–Kier alpha value is -2.59. The summed E-state index contributed by atoms with van der Waals surface area (Å²) in [6, 6.07) is 9.74. The maximum Gasteiger partial charge on any atom is 0.573 e. The van der Waals surface area contributed by atoms with Crippen LogP contribution in [0.3, 0.4) is 0 Å². The van der Waals surface area contributed by atoms with Crippen LogP contribution in [0.25, 0.3) is 0 Å². The molecular weight excluding hydrogens is 397 g/mol. The van der Waals surface area contributed by atoms with E-state index in [-0.39, 0.29) is 22.2 Å². The van der Waals surface area contributed by atoms with Gasteiger partial charge in [-0.2, -0.15) is 0 Å². The van der Waals surface area contributed by atoms with Crippen molar-refractivity contribution < 1.29 is 31.1 Å². The molecule has 0 unspecified atom stereocenters. The Kier molecular flexibility index (Phi) is 6.68. The molecule has 152 valence electrons. The van der Waals surface area contributed by atoms with Gasteiger partial charge in [-0.3, -0.25) is 4.79 Å². The number of ether oxygens (including phenoxy) is 1. The molecule has 28 heavy (non-hydrogen) atoms. The number of hydrogen-bond donors (Lipinski definition) is 2. The zero-order chi connectivity index (χ0) is 20.9. The molecule has 0 heterocycles. The lowest BCUT2D eigenvalue weighted by Crippen LogP contribution is -2.32. The van der Waals surface area contributed by atoms with Gasteiger partial charge in [0.05, 0.1) is 4.90 Å². The maximum atomic E-state index is 12.2. The number of carbonyl (C=O) groups is 1. The summed E-state index contributed by atoms with van der Waals surface area (Å²) < 4.78 is 67.1. The van der Waals surface area contributed by atoms with Crippen molar-refractivity contribution in [1.29, 1.82) is 0 Å². The molecule has 2 rings (SSSR count). The molecule has 1 atom stereocenters. The third-order valence-corrected chi connectivity index (χ3v) is 5.35. The van der Waals surface area contributed by atoms with Crippen molar-refractivity contribution in [3.63, 3.8) is 0 Å². The van der Waals surface area contributed by atoms with E-state index in [4.69, 9.17) is 0 Å². The molecule has 0 saturated heterocycles. The van der Waals surface area contributed by atoms with Crippen LogP contribution >= 0.6 is 0 Å². The number of halogens is 3. The van der Waals surface area contributed by atoms with E-state index in [0.29, 0.717) is 6.42 Å². The van der Waals surface area contributed by atoms with Crippen molar-refractivity contribution in [2.45, 2.75) is 37.6 Å². The van der Waals surface area contributed by atoms with Gasteiger partial charge in [-0.1, -0.05) is 6.92 Å². The molecule has 0 bridgehead atoms.